The van der Waals surface area contributed by atoms with E-state index in [1.165, 1.54) is 0 Å². The van der Waals surface area contributed by atoms with Crippen molar-refractivity contribution in [3.8, 4) is 0 Å². The fourth-order valence-electron chi connectivity index (χ4n) is 3.28. The molecule has 0 saturated carbocycles. The molecule has 3 aliphatic heterocycles. The van der Waals surface area contributed by atoms with Gasteiger partial charge in [0.25, 0.3) is 0 Å². The lowest BCUT2D eigenvalue weighted by atomic mass is 9.89. The first-order valence-electron chi connectivity index (χ1n) is 7.78. The summed E-state index contributed by atoms with van der Waals surface area (Å²) in [6, 6.07) is 0. The van der Waals surface area contributed by atoms with Crippen molar-refractivity contribution in [3.63, 3.8) is 0 Å². The van der Waals surface area contributed by atoms with Gasteiger partial charge >= 0.3 is 11.4 Å². The maximum absolute atomic E-state index is 14.2. The van der Waals surface area contributed by atoms with Gasteiger partial charge in [0, 0.05) is 6.92 Å². The lowest BCUT2D eigenvalue weighted by Crippen LogP contribution is -2.65. The number of rotatable bonds is 2. The van der Waals surface area contributed by atoms with E-state index in [4.69, 9.17) is 74.8 Å². The number of hydrogen-bond acceptors (Lipinski definition) is 7. The van der Waals surface area contributed by atoms with Gasteiger partial charge in [-0.3, -0.25) is 4.79 Å². The number of esters is 1. The van der Waals surface area contributed by atoms with Gasteiger partial charge in [-0.1, -0.05) is 34.8 Å². The Bertz CT molecular complexity index is 611. The zero-order valence-electron chi connectivity index (χ0n) is 14.2. The second-order valence-electron chi connectivity index (χ2n) is 6.80. The molecule has 27 heavy (non-hydrogen) atoms. The Hall–Kier alpha value is 0.290. The summed E-state index contributed by atoms with van der Waals surface area (Å²) in [6.07, 6.45) is -6.15. The molecule has 0 N–H and O–H groups in total. The van der Waals surface area contributed by atoms with Gasteiger partial charge in [0.15, 0.2) is 5.79 Å². The minimum absolute atomic E-state index is 0.241. The Labute approximate surface area is 173 Å². The van der Waals surface area contributed by atoms with E-state index in [0.29, 0.717) is 0 Å². The summed E-state index contributed by atoms with van der Waals surface area (Å²) in [5.41, 5.74) is 0. The van der Waals surface area contributed by atoms with Crippen molar-refractivity contribution in [2.24, 2.45) is 5.92 Å². The van der Waals surface area contributed by atoms with E-state index in [2.05, 4.69) is 0 Å². The van der Waals surface area contributed by atoms with E-state index in [1.54, 1.807) is 13.8 Å². The SMILES string of the molecule is CC(=O)OC1O[C@]2(COC(C)(C)O2)[C@H]2O[C@H](C(Cl)(Cl)Cl)O[C@H]2[C@@H]1C(F)(F)Cl. The van der Waals surface area contributed by atoms with E-state index in [0.717, 1.165) is 6.92 Å². The lowest BCUT2D eigenvalue weighted by molar-refractivity contribution is -0.381. The molecule has 0 amide bonds. The van der Waals surface area contributed by atoms with Crippen molar-refractivity contribution in [3.05, 3.63) is 0 Å². The second-order valence-corrected chi connectivity index (χ2v) is 9.67. The fraction of sp³-hybridized carbons (Fsp3) is 0.929. The molecule has 1 unspecified atom stereocenters. The number of halogens is 6. The Morgan fingerprint density at radius 1 is 1.19 bits per heavy atom. The smallest absolute Gasteiger partial charge is 0.333 e. The van der Waals surface area contributed by atoms with E-state index in [-0.39, 0.29) is 6.61 Å². The normalized spacial score (nSPS) is 41.6. The Morgan fingerprint density at radius 2 is 1.81 bits per heavy atom. The standard InChI is InChI=1S/C14H16Cl4F2O7/c1-5(21)23-9-6(14(18,19)20)7-8(25-10(24-7)13(15,16)17)12(26-9)4-22-11(2,3)27-12/h6-10H,4H2,1-3H3/t6-,7-,8-,9?,10+,12-/m0/s1. The first-order chi connectivity index (χ1) is 12.1. The monoisotopic (exact) mass is 474 g/mol. The topological polar surface area (TPSA) is 72.5 Å². The van der Waals surface area contributed by atoms with Crippen molar-refractivity contribution in [2.45, 2.75) is 66.3 Å². The molecule has 7 nitrogen and oxygen atoms in total. The molecular weight excluding hydrogens is 460 g/mol. The van der Waals surface area contributed by atoms with Crippen LogP contribution in [0.2, 0.25) is 0 Å². The molecule has 0 aromatic rings. The maximum atomic E-state index is 14.2. The van der Waals surface area contributed by atoms with E-state index < -0.39 is 57.4 Å². The Kier molecular flexibility index (Phi) is 5.64. The van der Waals surface area contributed by atoms with E-state index >= 15 is 0 Å². The van der Waals surface area contributed by atoms with Gasteiger partial charge in [0.05, 0.1) is 0 Å². The molecular formula is C14H16Cl4F2O7. The van der Waals surface area contributed by atoms with Crippen molar-refractivity contribution < 1.29 is 42.0 Å². The number of hydrogen-bond donors (Lipinski definition) is 0. The minimum atomic E-state index is -3.91. The van der Waals surface area contributed by atoms with Gasteiger partial charge in [0.1, 0.15) is 24.7 Å². The third kappa shape index (κ3) is 4.27. The summed E-state index contributed by atoms with van der Waals surface area (Å²) < 4.78 is 59.1. The average molecular weight is 476 g/mol. The molecule has 0 aliphatic carbocycles. The van der Waals surface area contributed by atoms with Crippen molar-refractivity contribution >= 4 is 52.4 Å². The highest BCUT2D eigenvalue weighted by Crippen LogP contribution is 2.54. The number of alkyl halides is 6. The van der Waals surface area contributed by atoms with Crippen LogP contribution in [0.25, 0.3) is 0 Å². The first kappa shape index (κ1) is 22.0. The first-order valence-corrected chi connectivity index (χ1v) is 9.29. The molecule has 0 radical (unpaired) electrons. The molecule has 3 heterocycles. The van der Waals surface area contributed by atoms with Crippen molar-refractivity contribution in [1.29, 1.82) is 0 Å². The van der Waals surface area contributed by atoms with Gasteiger partial charge in [-0.2, -0.15) is 8.78 Å². The minimum Gasteiger partial charge on any atom is -0.435 e. The summed E-state index contributed by atoms with van der Waals surface area (Å²) in [4.78, 5) is 11.4. The van der Waals surface area contributed by atoms with Crippen LogP contribution in [-0.4, -0.2) is 58.1 Å². The van der Waals surface area contributed by atoms with Crippen LogP contribution in [0.1, 0.15) is 20.8 Å². The summed E-state index contributed by atoms with van der Waals surface area (Å²) in [6.45, 7) is 3.93. The van der Waals surface area contributed by atoms with Gasteiger partial charge in [-0.05, 0) is 25.4 Å². The number of ether oxygens (including phenoxy) is 6. The predicted octanol–water partition coefficient (Wildman–Crippen LogP) is 3.31. The highest BCUT2D eigenvalue weighted by atomic mass is 35.6. The number of fused-ring (bicyclic) bond motifs is 2. The maximum Gasteiger partial charge on any atom is 0.333 e. The fourth-order valence-corrected chi connectivity index (χ4v) is 3.81. The lowest BCUT2D eigenvalue weighted by Gasteiger charge is -2.46. The third-order valence-electron chi connectivity index (χ3n) is 4.21. The van der Waals surface area contributed by atoms with Crippen LogP contribution in [0.4, 0.5) is 8.78 Å². The second kappa shape index (κ2) is 6.92. The van der Waals surface area contributed by atoms with Crippen LogP contribution in [0, 0.1) is 5.92 Å². The molecule has 3 saturated heterocycles. The van der Waals surface area contributed by atoms with Gasteiger partial charge in [-0.15, -0.1) is 0 Å². The largest absolute Gasteiger partial charge is 0.435 e. The van der Waals surface area contributed by atoms with Crippen molar-refractivity contribution in [1.82, 2.24) is 0 Å². The molecule has 156 valence electrons. The zero-order chi connectivity index (χ0) is 20.4. The van der Waals surface area contributed by atoms with Crippen LogP contribution in [0.5, 0.6) is 0 Å². The van der Waals surface area contributed by atoms with Crippen LogP contribution in [0.3, 0.4) is 0 Å². The quantitative estimate of drug-likeness (QED) is 0.448. The summed E-state index contributed by atoms with van der Waals surface area (Å²) in [5.74, 6) is -5.75. The van der Waals surface area contributed by atoms with Crippen LogP contribution in [0.15, 0.2) is 0 Å². The predicted molar refractivity (Wildman–Crippen MR) is 88.6 cm³/mol. The van der Waals surface area contributed by atoms with Gasteiger partial charge in [-0.25, -0.2) is 0 Å². The zero-order valence-corrected chi connectivity index (χ0v) is 17.2. The Balaban J connectivity index is 2.03. The molecule has 13 heteroatoms. The van der Waals surface area contributed by atoms with Gasteiger partial charge < -0.3 is 28.4 Å². The molecule has 6 atom stereocenters. The van der Waals surface area contributed by atoms with Crippen LogP contribution >= 0.6 is 46.4 Å². The highest BCUT2D eigenvalue weighted by Gasteiger charge is 2.71. The summed E-state index contributed by atoms with van der Waals surface area (Å²) in [5, 5.41) is -3.91. The van der Waals surface area contributed by atoms with E-state index in [1.807, 2.05) is 0 Å². The van der Waals surface area contributed by atoms with E-state index in [9.17, 15) is 13.6 Å². The molecule has 3 rings (SSSR count). The molecule has 1 spiro atoms. The number of carbonyl (C=O) groups is 1. The number of carbonyl (C=O) groups excluding carboxylic acids is 1. The average Bonchev–Trinajstić information content (AvgIpc) is 2.99. The highest BCUT2D eigenvalue weighted by molar-refractivity contribution is 6.67. The molecule has 0 bridgehead atoms. The molecule has 3 aliphatic rings. The molecule has 0 aromatic carbocycles. The summed E-state index contributed by atoms with van der Waals surface area (Å²) in [7, 11) is 0. The van der Waals surface area contributed by atoms with Crippen LogP contribution in [-0.2, 0) is 33.2 Å². The third-order valence-corrected chi connectivity index (χ3v) is 5.00. The Morgan fingerprint density at radius 3 is 2.26 bits per heavy atom. The van der Waals surface area contributed by atoms with Crippen molar-refractivity contribution in [2.75, 3.05) is 6.61 Å². The molecule has 3 fully saturated rings. The molecule has 0 aromatic heterocycles. The van der Waals surface area contributed by atoms with Crippen LogP contribution < -0.4 is 0 Å². The van der Waals surface area contributed by atoms with Gasteiger partial charge in [0.2, 0.25) is 22.2 Å². The summed E-state index contributed by atoms with van der Waals surface area (Å²) >= 11 is 22.7.